The number of benzene rings is 1. The van der Waals surface area contributed by atoms with Crippen LogP contribution in [-0.4, -0.2) is 10.8 Å². The molecule has 0 atom stereocenters. The Morgan fingerprint density at radius 2 is 2.16 bits per heavy atom. The Bertz CT molecular complexity index is 577. The van der Waals surface area contributed by atoms with Crippen LogP contribution in [0.15, 0.2) is 6.07 Å². The first-order valence-corrected chi connectivity index (χ1v) is 6.68. The number of carbonyl (C=O) groups excluding carboxylic acids is 1. The van der Waals surface area contributed by atoms with Gasteiger partial charge in [0.1, 0.15) is 5.69 Å². The van der Waals surface area contributed by atoms with Gasteiger partial charge in [-0.05, 0) is 49.1 Å². The summed E-state index contributed by atoms with van der Waals surface area (Å²) >= 11 is 0. The molecule has 0 aliphatic heterocycles. The van der Waals surface area contributed by atoms with Crippen molar-refractivity contribution in [3.05, 3.63) is 32.9 Å². The lowest BCUT2D eigenvalue weighted by Gasteiger charge is -2.13. The summed E-state index contributed by atoms with van der Waals surface area (Å²) in [5.74, 6) is 0.134. The number of hydrogen-bond donors (Lipinski definition) is 1. The highest BCUT2D eigenvalue weighted by molar-refractivity contribution is 5.93. The van der Waals surface area contributed by atoms with Crippen LogP contribution in [0.25, 0.3) is 0 Å². The number of nitro benzene ring substituents is 1. The highest BCUT2D eigenvalue weighted by atomic mass is 16.6. The van der Waals surface area contributed by atoms with Crippen molar-refractivity contribution in [2.45, 2.75) is 44.9 Å². The number of nitrogens with one attached hydrogen (secondary N) is 1. The lowest BCUT2D eigenvalue weighted by Crippen LogP contribution is -2.12. The van der Waals surface area contributed by atoms with E-state index >= 15 is 0 Å². The SMILES string of the molecule is CC(=O)Nc1c(C2CC2)cc2c(c1[N+](=O)[O-])CCC2. The fourth-order valence-electron chi connectivity index (χ4n) is 2.97. The van der Waals surface area contributed by atoms with E-state index in [2.05, 4.69) is 11.4 Å². The molecular formula is C14H16N2O3. The van der Waals surface area contributed by atoms with Crippen LogP contribution in [0.4, 0.5) is 11.4 Å². The fraction of sp³-hybridized carbons (Fsp3) is 0.500. The molecule has 0 saturated heterocycles. The van der Waals surface area contributed by atoms with Crippen molar-refractivity contribution >= 4 is 17.3 Å². The Kier molecular flexibility index (Phi) is 2.77. The minimum Gasteiger partial charge on any atom is -0.320 e. The third-order valence-corrected chi connectivity index (χ3v) is 3.90. The number of nitrogens with zero attached hydrogens (tertiary/aromatic N) is 1. The summed E-state index contributed by atoms with van der Waals surface area (Å²) in [4.78, 5) is 22.4. The van der Waals surface area contributed by atoms with Gasteiger partial charge in [0.15, 0.2) is 0 Å². The largest absolute Gasteiger partial charge is 0.320 e. The van der Waals surface area contributed by atoms with Crippen molar-refractivity contribution in [3.63, 3.8) is 0 Å². The molecular weight excluding hydrogens is 244 g/mol. The molecule has 1 amide bonds. The molecule has 5 nitrogen and oxygen atoms in total. The van der Waals surface area contributed by atoms with Gasteiger partial charge in [0.25, 0.3) is 5.69 Å². The maximum atomic E-state index is 11.4. The van der Waals surface area contributed by atoms with Gasteiger partial charge < -0.3 is 5.32 Å². The van der Waals surface area contributed by atoms with Gasteiger partial charge in [-0.25, -0.2) is 0 Å². The summed E-state index contributed by atoms with van der Waals surface area (Å²) in [5.41, 5.74) is 3.45. The van der Waals surface area contributed by atoms with E-state index in [9.17, 15) is 14.9 Å². The summed E-state index contributed by atoms with van der Waals surface area (Å²) in [5, 5.41) is 14.1. The maximum Gasteiger partial charge on any atom is 0.296 e. The summed E-state index contributed by atoms with van der Waals surface area (Å²) < 4.78 is 0. The Morgan fingerprint density at radius 1 is 1.42 bits per heavy atom. The smallest absolute Gasteiger partial charge is 0.296 e. The lowest BCUT2D eigenvalue weighted by molar-refractivity contribution is -0.384. The van der Waals surface area contributed by atoms with E-state index in [1.54, 1.807) is 0 Å². The molecule has 3 rings (SSSR count). The molecule has 0 bridgehead atoms. The van der Waals surface area contributed by atoms with E-state index in [0.717, 1.165) is 48.8 Å². The Morgan fingerprint density at radius 3 is 2.74 bits per heavy atom. The molecule has 2 aliphatic carbocycles. The zero-order valence-corrected chi connectivity index (χ0v) is 10.9. The van der Waals surface area contributed by atoms with Crippen molar-refractivity contribution in [1.82, 2.24) is 0 Å². The summed E-state index contributed by atoms with van der Waals surface area (Å²) in [6.07, 6.45) is 4.73. The molecule has 1 aromatic rings. The second kappa shape index (κ2) is 4.33. The molecule has 19 heavy (non-hydrogen) atoms. The predicted molar refractivity (Wildman–Crippen MR) is 71.4 cm³/mol. The minimum absolute atomic E-state index is 0.132. The number of amides is 1. The number of nitro groups is 1. The molecule has 0 aromatic heterocycles. The van der Waals surface area contributed by atoms with Crippen molar-refractivity contribution in [2.24, 2.45) is 0 Å². The lowest BCUT2D eigenvalue weighted by atomic mass is 9.98. The Labute approximate surface area is 111 Å². The predicted octanol–water partition coefficient (Wildman–Crippen LogP) is 2.92. The van der Waals surface area contributed by atoms with Crippen LogP contribution in [0.2, 0.25) is 0 Å². The van der Waals surface area contributed by atoms with Crippen LogP contribution in [0, 0.1) is 10.1 Å². The van der Waals surface area contributed by atoms with Crippen LogP contribution in [0.1, 0.15) is 48.8 Å². The van der Waals surface area contributed by atoms with Gasteiger partial charge in [-0.15, -0.1) is 0 Å². The monoisotopic (exact) mass is 260 g/mol. The average Bonchev–Trinajstić information content (AvgIpc) is 3.06. The van der Waals surface area contributed by atoms with E-state index in [-0.39, 0.29) is 16.5 Å². The Hall–Kier alpha value is -1.91. The number of aryl methyl sites for hydroxylation is 1. The van der Waals surface area contributed by atoms with Crippen molar-refractivity contribution < 1.29 is 9.72 Å². The van der Waals surface area contributed by atoms with E-state index in [1.165, 1.54) is 6.92 Å². The van der Waals surface area contributed by atoms with Gasteiger partial charge in [0, 0.05) is 12.5 Å². The zero-order chi connectivity index (χ0) is 13.6. The van der Waals surface area contributed by atoms with E-state index in [1.807, 2.05) is 0 Å². The van der Waals surface area contributed by atoms with Gasteiger partial charge in [0.2, 0.25) is 5.91 Å². The molecule has 100 valence electrons. The van der Waals surface area contributed by atoms with Crippen LogP contribution in [0.5, 0.6) is 0 Å². The normalized spacial score (nSPS) is 17.1. The molecule has 0 heterocycles. The van der Waals surface area contributed by atoms with Crippen LogP contribution < -0.4 is 5.32 Å². The van der Waals surface area contributed by atoms with E-state index in [4.69, 9.17) is 0 Å². The second-order valence-electron chi connectivity index (χ2n) is 5.39. The van der Waals surface area contributed by atoms with Crippen molar-refractivity contribution in [2.75, 3.05) is 5.32 Å². The zero-order valence-electron chi connectivity index (χ0n) is 10.9. The first-order valence-electron chi connectivity index (χ1n) is 6.68. The fourth-order valence-corrected chi connectivity index (χ4v) is 2.97. The van der Waals surface area contributed by atoms with Gasteiger partial charge in [-0.3, -0.25) is 14.9 Å². The quantitative estimate of drug-likeness (QED) is 0.670. The molecule has 1 aromatic carbocycles. The third-order valence-electron chi connectivity index (χ3n) is 3.90. The number of anilines is 1. The number of hydrogen-bond acceptors (Lipinski definition) is 3. The number of fused-ring (bicyclic) bond motifs is 1. The number of rotatable bonds is 3. The molecule has 1 saturated carbocycles. The van der Waals surface area contributed by atoms with Gasteiger partial charge in [-0.1, -0.05) is 6.07 Å². The molecule has 0 radical (unpaired) electrons. The summed E-state index contributed by atoms with van der Waals surface area (Å²) in [6.45, 7) is 1.40. The molecule has 1 N–H and O–H groups in total. The topological polar surface area (TPSA) is 72.2 Å². The molecule has 1 fully saturated rings. The van der Waals surface area contributed by atoms with Crippen LogP contribution in [-0.2, 0) is 17.6 Å². The van der Waals surface area contributed by atoms with E-state index in [0.29, 0.717) is 11.6 Å². The van der Waals surface area contributed by atoms with Crippen LogP contribution >= 0.6 is 0 Å². The Balaban J connectivity index is 2.21. The third kappa shape index (κ3) is 2.09. The maximum absolute atomic E-state index is 11.4. The van der Waals surface area contributed by atoms with Crippen molar-refractivity contribution in [1.29, 1.82) is 0 Å². The highest BCUT2D eigenvalue weighted by Gasteiger charge is 2.35. The standard InChI is InChI=1S/C14H16N2O3/c1-8(17)15-13-12(9-5-6-9)7-10-3-2-4-11(10)14(13)16(18)19/h7,9H,2-6H2,1H3,(H,15,17). The molecule has 5 heteroatoms. The average molecular weight is 260 g/mol. The van der Waals surface area contributed by atoms with Gasteiger partial charge >= 0.3 is 0 Å². The molecule has 2 aliphatic rings. The van der Waals surface area contributed by atoms with Gasteiger partial charge in [-0.2, -0.15) is 0 Å². The first-order chi connectivity index (χ1) is 9.08. The summed E-state index contributed by atoms with van der Waals surface area (Å²) in [6, 6.07) is 2.08. The molecule has 0 unspecified atom stereocenters. The van der Waals surface area contributed by atoms with Crippen molar-refractivity contribution in [3.8, 4) is 0 Å². The number of carbonyl (C=O) groups is 1. The second-order valence-corrected chi connectivity index (χ2v) is 5.39. The molecule has 0 spiro atoms. The van der Waals surface area contributed by atoms with Gasteiger partial charge in [0.05, 0.1) is 4.92 Å². The first kappa shape index (κ1) is 12.1. The van der Waals surface area contributed by atoms with Crippen LogP contribution in [0.3, 0.4) is 0 Å². The minimum atomic E-state index is -0.332. The van der Waals surface area contributed by atoms with E-state index < -0.39 is 0 Å². The highest BCUT2D eigenvalue weighted by Crippen LogP contribution is 2.49. The summed E-state index contributed by atoms with van der Waals surface area (Å²) in [7, 11) is 0.